The van der Waals surface area contributed by atoms with E-state index in [4.69, 9.17) is 19.9 Å². The molecule has 0 radical (unpaired) electrons. The molecule has 1 aliphatic carbocycles. The van der Waals surface area contributed by atoms with Crippen molar-refractivity contribution in [2.75, 3.05) is 40.3 Å². The highest BCUT2D eigenvalue weighted by atomic mass is 32.1. The second-order valence-corrected chi connectivity index (χ2v) is 22.2. The van der Waals surface area contributed by atoms with E-state index in [2.05, 4.69) is 27.9 Å². The minimum Gasteiger partial charge on any atom is -0.481 e. The molecular formula is C55H84N7O15S+. The van der Waals surface area contributed by atoms with Gasteiger partial charge in [0, 0.05) is 62.1 Å². The largest absolute Gasteiger partial charge is 0.481 e. The highest BCUT2D eigenvalue weighted by Crippen LogP contribution is 2.32. The number of ether oxygens (including phenoxy) is 3. The fourth-order valence-corrected chi connectivity index (χ4v) is 10.6. The molecule has 1 aliphatic heterocycles. The minimum absolute atomic E-state index is 0.0401. The molecule has 0 spiro atoms. The van der Waals surface area contributed by atoms with Crippen molar-refractivity contribution < 1.29 is 77.8 Å². The molecule has 434 valence electrons. The number of carboxylic acid groups (broad SMARTS) is 2. The summed E-state index contributed by atoms with van der Waals surface area (Å²) in [5.41, 5.74) is 7.61. The molecule has 2 aliphatic rings. The molecule has 4 amide bonds. The monoisotopic (exact) mass is 1110 g/mol. The van der Waals surface area contributed by atoms with Gasteiger partial charge < -0.3 is 70.8 Å². The Morgan fingerprint density at radius 2 is 1.64 bits per heavy atom. The second kappa shape index (κ2) is 30.6. The average molecular weight is 1120 g/mol. The van der Waals surface area contributed by atoms with Crippen LogP contribution in [-0.4, -0.2) is 177 Å². The van der Waals surface area contributed by atoms with Crippen LogP contribution in [-0.2, 0) is 49.4 Å². The summed E-state index contributed by atoms with van der Waals surface area (Å²) in [6, 6.07) is 7.37. The fourth-order valence-electron chi connectivity index (χ4n) is 9.72. The lowest BCUT2D eigenvalue weighted by molar-refractivity contribution is -0.897. The van der Waals surface area contributed by atoms with Crippen molar-refractivity contribution in [3.05, 3.63) is 75.4 Å². The number of esters is 1. The Balaban J connectivity index is 1.55. The van der Waals surface area contributed by atoms with Crippen molar-refractivity contribution in [1.82, 2.24) is 25.8 Å². The van der Waals surface area contributed by atoms with Crippen molar-refractivity contribution >= 4 is 52.9 Å². The number of amides is 4. The third-order valence-electron chi connectivity index (χ3n) is 14.4. The number of aliphatic hydroxyl groups excluding tert-OH is 3. The SMILES string of the molecule is CCCCC[N+](C)(CC(=O)N[C@H](C(=O)N(C)[C@H](C[C@@H](OC(C)=O)c1nc(C(=O)NC(Cc2ccccc2)C[C@H](C)C(=O)O)cs1)C(C)C)[C@H](C)CC)CC1=CCC(O[C@@H]2O[C@H](C(=O)O)[C@@H](O)[C@H](O)[C@H]2O)C(NC(=O)CCN)=C1. The van der Waals surface area contributed by atoms with Gasteiger partial charge in [-0.1, -0.05) is 90.8 Å². The molecule has 2 aromatic rings. The number of benzene rings is 1. The summed E-state index contributed by atoms with van der Waals surface area (Å²) >= 11 is 1.12. The number of nitrogens with one attached hydrogen (secondary N) is 3. The molecule has 2 heterocycles. The van der Waals surface area contributed by atoms with Gasteiger partial charge in [-0.05, 0) is 55.6 Å². The molecule has 13 atom stereocenters. The number of unbranched alkanes of at least 4 members (excludes halogenated alkanes) is 2. The molecule has 0 bridgehead atoms. The van der Waals surface area contributed by atoms with Gasteiger partial charge in [0.05, 0.1) is 19.5 Å². The van der Waals surface area contributed by atoms with Crippen molar-refractivity contribution in [1.29, 1.82) is 0 Å². The number of likely N-dealkylation sites (N-methyl/N-ethyl adjacent to an activating group) is 2. The van der Waals surface area contributed by atoms with Crippen molar-refractivity contribution in [3.63, 3.8) is 0 Å². The maximum absolute atomic E-state index is 14.8. The molecule has 0 saturated carbocycles. The number of quaternary nitrogens is 1. The van der Waals surface area contributed by atoms with Crippen LogP contribution in [0.1, 0.15) is 127 Å². The van der Waals surface area contributed by atoms with Gasteiger partial charge in [0.15, 0.2) is 25.0 Å². The summed E-state index contributed by atoms with van der Waals surface area (Å²) < 4.78 is 17.4. The van der Waals surface area contributed by atoms with Crippen LogP contribution < -0.4 is 21.7 Å². The first-order valence-corrected chi connectivity index (χ1v) is 27.8. The van der Waals surface area contributed by atoms with Gasteiger partial charge in [0.2, 0.25) is 11.8 Å². The zero-order valence-corrected chi connectivity index (χ0v) is 47.3. The number of carbonyl (C=O) groups is 7. The van der Waals surface area contributed by atoms with E-state index in [0.717, 1.165) is 41.7 Å². The van der Waals surface area contributed by atoms with E-state index in [1.54, 1.807) is 30.3 Å². The van der Waals surface area contributed by atoms with Crippen molar-refractivity contribution in [2.24, 2.45) is 23.5 Å². The third kappa shape index (κ3) is 19.0. The van der Waals surface area contributed by atoms with Crippen molar-refractivity contribution in [3.8, 4) is 0 Å². The van der Waals surface area contributed by atoms with Gasteiger partial charge in [-0.2, -0.15) is 0 Å². The maximum Gasteiger partial charge on any atom is 0.335 e. The van der Waals surface area contributed by atoms with Gasteiger partial charge in [-0.3, -0.25) is 28.8 Å². The number of thiazole rings is 1. The van der Waals surface area contributed by atoms with Gasteiger partial charge in [-0.25, -0.2) is 9.78 Å². The van der Waals surface area contributed by atoms with E-state index in [1.807, 2.05) is 71.2 Å². The number of rotatable bonds is 31. The van der Waals surface area contributed by atoms with E-state index >= 15 is 0 Å². The average Bonchev–Trinajstić information content (AvgIpc) is 3.92. The Hall–Kier alpha value is -5.66. The number of carbonyl (C=O) groups excluding carboxylic acids is 5. The van der Waals surface area contributed by atoms with Crippen LogP contribution in [0.5, 0.6) is 0 Å². The molecular weight excluding hydrogens is 1030 g/mol. The second-order valence-electron chi connectivity index (χ2n) is 21.4. The molecule has 4 rings (SSSR count). The number of aliphatic carboxylic acids is 2. The van der Waals surface area contributed by atoms with Gasteiger partial charge in [-0.15, -0.1) is 11.3 Å². The number of carboxylic acids is 2. The highest BCUT2D eigenvalue weighted by Gasteiger charge is 2.49. The number of hydrogen-bond acceptors (Lipinski definition) is 16. The first kappa shape index (κ1) is 64.9. The minimum atomic E-state index is -1.93. The van der Waals surface area contributed by atoms with Crippen LogP contribution in [0, 0.1) is 17.8 Å². The summed E-state index contributed by atoms with van der Waals surface area (Å²) in [4.78, 5) is 98.3. The highest BCUT2D eigenvalue weighted by molar-refractivity contribution is 7.09. The Morgan fingerprint density at radius 1 is 0.949 bits per heavy atom. The quantitative estimate of drug-likeness (QED) is 0.0297. The van der Waals surface area contributed by atoms with Crippen LogP contribution in [0.4, 0.5) is 0 Å². The van der Waals surface area contributed by atoms with E-state index in [1.165, 1.54) is 6.92 Å². The van der Waals surface area contributed by atoms with E-state index in [0.29, 0.717) is 30.9 Å². The predicted octanol–water partition coefficient (Wildman–Crippen LogP) is 3.20. The van der Waals surface area contributed by atoms with E-state index < -0.39 is 96.7 Å². The number of aliphatic hydroxyl groups is 3. The Morgan fingerprint density at radius 3 is 2.24 bits per heavy atom. The van der Waals surface area contributed by atoms with Crippen LogP contribution in [0.15, 0.2) is 59.1 Å². The zero-order valence-electron chi connectivity index (χ0n) is 46.5. The molecule has 23 heteroatoms. The normalized spacial score (nSPS) is 22.5. The maximum atomic E-state index is 14.8. The number of aromatic nitrogens is 1. The lowest BCUT2D eigenvalue weighted by Crippen LogP contribution is -2.61. The molecule has 1 saturated heterocycles. The van der Waals surface area contributed by atoms with Gasteiger partial charge in [0.1, 0.15) is 47.7 Å². The topological polar surface area (TPSA) is 327 Å². The number of hydrogen-bond donors (Lipinski definition) is 9. The fraction of sp³-hybridized carbons (Fsp3) is 0.636. The summed E-state index contributed by atoms with van der Waals surface area (Å²) in [7, 11) is 3.58. The summed E-state index contributed by atoms with van der Waals surface area (Å²) in [6.45, 7) is 13.4. The Labute approximate surface area is 461 Å². The number of nitrogens with zero attached hydrogens (tertiary/aromatic N) is 3. The van der Waals surface area contributed by atoms with Crippen LogP contribution in [0.2, 0.25) is 0 Å². The lowest BCUT2D eigenvalue weighted by atomic mass is 9.93. The van der Waals surface area contributed by atoms with Crippen LogP contribution in [0.25, 0.3) is 0 Å². The van der Waals surface area contributed by atoms with E-state index in [9.17, 15) is 59.1 Å². The third-order valence-corrected chi connectivity index (χ3v) is 15.3. The zero-order chi connectivity index (χ0) is 58.0. The summed E-state index contributed by atoms with van der Waals surface area (Å²) in [5.74, 6) is -6.09. The molecule has 10 N–H and O–H groups in total. The molecule has 1 fully saturated rings. The lowest BCUT2D eigenvalue weighted by Gasteiger charge is -2.40. The standard InChI is InChI=1S/C55H83N7O15S/c1-10-12-16-23-62(9,28-36-19-20-41(38(26-36)58-43(64)21-22-56)76-55-48(68)46(66)47(67)49(77-55)54(73)74)29-44(65)60-45(32(5)11-2)52(70)61(8)40(31(3)4)27-42(75-34(7)63)51-59-39(30-78-51)50(69)57-37(24-33(6)53(71)72)25-35-17-14-13-15-18-35/h13-15,17-19,26,30-33,37,40-42,45-49,55,66-68H,10-12,16,20-25,27-29,56H2,1-9H3,(H4-,57,58,60,64,65,69,71,72,73,74)/p+1/t32-,33+,37?,40-,41?,42-,45+,46+,47+,48-,49+,55-,62?/m1/s1. The molecule has 1 aromatic heterocycles. The Kier molecular flexibility index (Phi) is 25.5. The Bertz CT molecular complexity index is 2400. The first-order valence-electron chi connectivity index (χ1n) is 26.9. The van der Waals surface area contributed by atoms with Crippen LogP contribution >= 0.6 is 11.3 Å². The molecule has 3 unspecified atom stereocenters. The summed E-state index contributed by atoms with van der Waals surface area (Å²) in [6.07, 6.45) is -3.86. The molecule has 78 heavy (non-hydrogen) atoms. The predicted molar refractivity (Wildman–Crippen MR) is 289 cm³/mol. The molecule has 1 aromatic carbocycles. The van der Waals surface area contributed by atoms with Gasteiger partial charge >= 0.3 is 17.9 Å². The smallest absolute Gasteiger partial charge is 0.335 e. The molecule has 22 nitrogen and oxygen atoms in total. The number of nitrogens with two attached hydrogens (primary N) is 1. The van der Waals surface area contributed by atoms with Crippen LogP contribution in [0.3, 0.4) is 0 Å². The van der Waals surface area contributed by atoms with E-state index in [-0.39, 0.29) is 78.3 Å². The van der Waals surface area contributed by atoms with Gasteiger partial charge in [0.25, 0.3) is 11.8 Å². The first-order chi connectivity index (χ1) is 36.8. The summed E-state index contributed by atoms with van der Waals surface area (Å²) in [5, 5.41) is 61.3. The van der Waals surface area contributed by atoms with Crippen molar-refractivity contribution in [2.45, 2.75) is 167 Å².